The van der Waals surface area contributed by atoms with Crippen molar-refractivity contribution in [2.24, 2.45) is 0 Å². The van der Waals surface area contributed by atoms with E-state index >= 15 is 0 Å². The third-order valence-corrected chi connectivity index (χ3v) is 5.58. The topological polar surface area (TPSA) is 124 Å². The molecule has 1 unspecified atom stereocenters. The second kappa shape index (κ2) is 9.66. The number of anilines is 2. The van der Waals surface area contributed by atoms with Crippen LogP contribution in [-0.4, -0.2) is 40.2 Å². The fourth-order valence-electron chi connectivity index (χ4n) is 3.39. The highest BCUT2D eigenvalue weighted by Gasteiger charge is 2.21. The fraction of sp³-hybridized carbons (Fsp3) is 0.238. The molecule has 0 saturated carbocycles. The van der Waals surface area contributed by atoms with Crippen molar-refractivity contribution in [1.29, 1.82) is 0 Å². The van der Waals surface area contributed by atoms with Gasteiger partial charge in [-0.15, -0.1) is 0 Å². The Balaban J connectivity index is 1.65. The lowest BCUT2D eigenvalue weighted by atomic mass is 10.1. The number of nitrogens with zero attached hydrogens (tertiary/aromatic N) is 3. The van der Waals surface area contributed by atoms with Gasteiger partial charge in [0.05, 0.1) is 40.3 Å². The number of rotatable bonds is 4. The molecule has 1 aliphatic rings. The normalized spacial score (nSPS) is 16.4. The number of aromatic nitrogens is 3. The Labute approximate surface area is 193 Å². The molecule has 11 heteroatoms. The number of hydrogen-bond donors (Lipinski definition) is 3. The number of carbonyl (C=O) groups is 1. The van der Waals surface area contributed by atoms with Crippen LogP contribution in [0.15, 0.2) is 47.8 Å². The Morgan fingerprint density at radius 2 is 2.06 bits per heavy atom. The van der Waals surface area contributed by atoms with E-state index in [0.717, 1.165) is 23.1 Å². The number of pyridine rings is 1. The van der Waals surface area contributed by atoms with Crippen molar-refractivity contribution in [1.82, 2.24) is 19.9 Å². The van der Waals surface area contributed by atoms with Crippen molar-refractivity contribution in [2.75, 3.05) is 30.8 Å². The third kappa shape index (κ3) is 4.61. The lowest BCUT2D eigenvalue weighted by Gasteiger charge is -2.16. The fourth-order valence-corrected chi connectivity index (χ4v) is 3.97. The summed E-state index contributed by atoms with van der Waals surface area (Å²) >= 11 is 12.4. The maximum absolute atomic E-state index is 13.1. The Bertz CT molecular complexity index is 1190. The number of nitrogen functional groups attached to an aromatic ring is 1. The average Bonchev–Trinajstić information content (AvgIpc) is 3.05. The van der Waals surface area contributed by atoms with E-state index in [1.807, 2.05) is 0 Å². The summed E-state index contributed by atoms with van der Waals surface area (Å²) in [6, 6.07) is 6.52. The highest BCUT2D eigenvalue weighted by molar-refractivity contribution is 6.37. The Morgan fingerprint density at radius 3 is 2.84 bits per heavy atom. The minimum absolute atomic E-state index is 0.0510. The molecule has 1 atom stereocenters. The predicted octanol–water partition coefficient (Wildman–Crippen LogP) is 2.82. The van der Waals surface area contributed by atoms with Gasteiger partial charge in [0.1, 0.15) is 17.7 Å². The number of benzene rings is 1. The highest BCUT2D eigenvalue weighted by atomic mass is 35.5. The van der Waals surface area contributed by atoms with Crippen molar-refractivity contribution in [2.45, 2.75) is 12.5 Å². The summed E-state index contributed by atoms with van der Waals surface area (Å²) in [6.07, 6.45) is 5.28. The quantitative estimate of drug-likeness (QED) is 0.530. The minimum Gasteiger partial charge on any atom is -0.383 e. The molecule has 3 aromatic rings. The van der Waals surface area contributed by atoms with E-state index < -0.39 is 11.5 Å². The van der Waals surface area contributed by atoms with E-state index in [2.05, 4.69) is 20.6 Å². The monoisotopic (exact) mass is 474 g/mol. The van der Waals surface area contributed by atoms with E-state index in [1.54, 1.807) is 30.5 Å². The van der Waals surface area contributed by atoms with Gasteiger partial charge in [-0.2, -0.15) is 0 Å². The molecule has 1 fully saturated rings. The maximum atomic E-state index is 13.1. The largest absolute Gasteiger partial charge is 0.383 e. The van der Waals surface area contributed by atoms with Crippen molar-refractivity contribution in [3.05, 3.63) is 74.5 Å². The first-order valence-electron chi connectivity index (χ1n) is 9.84. The van der Waals surface area contributed by atoms with Gasteiger partial charge in [0.25, 0.3) is 11.5 Å². The predicted molar refractivity (Wildman–Crippen MR) is 123 cm³/mol. The second-order valence-electron chi connectivity index (χ2n) is 7.15. The molecule has 1 aromatic carbocycles. The molecule has 1 aliphatic heterocycles. The van der Waals surface area contributed by atoms with Gasteiger partial charge in [-0.3, -0.25) is 19.1 Å². The Morgan fingerprint density at radius 1 is 1.28 bits per heavy atom. The van der Waals surface area contributed by atoms with E-state index in [1.165, 1.54) is 12.5 Å². The van der Waals surface area contributed by atoms with Crippen LogP contribution in [0.5, 0.6) is 0 Å². The van der Waals surface area contributed by atoms with Crippen molar-refractivity contribution in [3.63, 3.8) is 0 Å². The number of nitrogens with one attached hydrogen (secondary N) is 2. The zero-order chi connectivity index (χ0) is 22.7. The summed E-state index contributed by atoms with van der Waals surface area (Å²) in [7, 11) is 0. The number of hydrogen-bond acceptors (Lipinski definition) is 7. The first kappa shape index (κ1) is 22.2. The lowest BCUT2D eigenvalue weighted by molar-refractivity contribution is 0.102. The maximum Gasteiger partial charge on any atom is 0.273 e. The molecular weight excluding hydrogens is 455 g/mol. The summed E-state index contributed by atoms with van der Waals surface area (Å²) in [5, 5.41) is 6.51. The van der Waals surface area contributed by atoms with E-state index in [0.29, 0.717) is 18.9 Å². The van der Waals surface area contributed by atoms with Crippen molar-refractivity contribution >= 4 is 40.6 Å². The standard InChI is InChI=1S/C21H20Cl2N6O3/c22-14-3-1-4-15(23)18(14)29-11-27-19(24)17(21(29)31)20(30)28-13-7-12(8-25-9-13)16-10-32-6-2-5-26-16/h1,3-4,7-9,11,16,26H,2,5-6,10,24H2,(H,28,30). The number of carbonyl (C=O) groups excluding carboxylic acids is 1. The van der Waals surface area contributed by atoms with Crippen LogP contribution in [0.4, 0.5) is 11.5 Å². The van der Waals surface area contributed by atoms with E-state index in [9.17, 15) is 9.59 Å². The van der Waals surface area contributed by atoms with Crippen LogP contribution in [0.2, 0.25) is 10.0 Å². The summed E-state index contributed by atoms with van der Waals surface area (Å²) in [5.41, 5.74) is 6.31. The van der Waals surface area contributed by atoms with Gasteiger partial charge < -0.3 is 21.1 Å². The van der Waals surface area contributed by atoms with Gasteiger partial charge in [0.15, 0.2) is 0 Å². The van der Waals surface area contributed by atoms with Crippen LogP contribution in [0, 0.1) is 0 Å². The number of ether oxygens (including phenoxy) is 1. The second-order valence-corrected chi connectivity index (χ2v) is 7.96. The van der Waals surface area contributed by atoms with Gasteiger partial charge in [-0.25, -0.2) is 4.98 Å². The average molecular weight is 475 g/mol. The first-order chi connectivity index (χ1) is 15.5. The van der Waals surface area contributed by atoms with E-state index in [-0.39, 0.29) is 33.2 Å². The molecule has 0 aliphatic carbocycles. The highest BCUT2D eigenvalue weighted by Crippen LogP contribution is 2.27. The molecule has 4 rings (SSSR count). The van der Waals surface area contributed by atoms with Crippen LogP contribution in [0.1, 0.15) is 28.4 Å². The SMILES string of the molecule is Nc1ncn(-c2c(Cl)cccc2Cl)c(=O)c1C(=O)Nc1cncc(C2COCCCN2)c1. The van der Waals surface area contributed by atoms with Gasteiger partial charge in [-0.1, -0.05) is 29.3 Å². The van der Waals surface area contributed by atoms with Crippen molar-refractivity contribution < 1.29 is 9.53 Å². The molecule has 0 radical (unpaired) electrons. The van der Waals surface area contributed by atoms with Crippen LogP contribution >= 0.6 is 23.2 Å². The smallest absolute Gasteiger partial charge is 0.273 e. The summed E-state index contributed by atoms with van der Waals surface area (Å²) < 4.78 is 6.68. The first-order valence-corrected chi connectivity index (χ1v) is 10.6. The molecule has 1 saturated heterocycles. The Hall–Kier alpha value is -2.98. The zero-order valence-electron chi connectivity index (χ0n) is 16.8. The molecular formula is C21H20Cl2N6O3. The van der Waals surface area contributed by atoms with Gasteiger partial charge in [-0.05, 0) is 36.7 Å². The molecule has 1 amide bonds. The molecule has 4 N–H and O–H groups in total. The van der Waals surface area contributed by atoms with Gasteiger partial charge in [0, 0.05) is 12.8 Å². The van der Waals surface area contributed by atoms with Gasteiger partial charge in [0.2, 0.25) is 0 Å². The number of nitrogens with two attached hydrogens (primary N) is 1. The summed E-state index contributed by atoms with van der Waals surface area (Å²) in [5.74, 6) is -0.934. The van der Waals surface area contributed by atoms with Crippen molar-refractivity contribution in [3.8, 4) is 5.69 Å². The molecule has 2 aromatic heterocycles. The number of halogens is 2. The summed E-state index contributed by atoms with van der Waals surface area (Å²) in [4.78, 5) is 34.3. The molecule has 0 bridgehead atoms. The molecule has 32 heavy (non-hydrogen) atoms. The molecule has 0 spiro atoms. The van der Waals surface area contributed by atoms with Crippen LogP contribution in [0.3, 0.4) is 0 Å². The zero-order valence-corrected chi connectivity index (χ0v) is 18.4. The van der Waals surface area contributed by atoms with Crippen LogP contribution in [0.25, 0.3) is 5.69 Å². The molecule has 9 nitrogen and oxygen atoms in total. The lowest BCUT2D eigenvalue weighted by Crippen LogP contribution is -2.31. The molecule has 3 heterocycles. The van der Waals surface area contributed by atoms with Crippen LogP contribution in [-0.2, 0) is 4.74 Å². The molecule has 166 valence electrons. The van der Waals surface area contributed by atoms with E-state index in [4.69, 9.17) is 33.7 Å². The summed E-state index contributed by atoms with van der Waals surface area (Å²) in [6.45, 7) is 2.00. The minimum atomic E-state index is -0.721. The number of para-hydroxylation sites is 1. The van der Waals surface area contributed by atoms with Crippen LogP contribution < -0.4 is 21.9 Å². The number of amides is 1. The third-order valence-electron chi connectivity index (χ3n) is 4.97. The van der Waals surface area contributed by atoms with Gasteiger partial charge >= 0.3 is 0 Å². The Kier molecular flexibility index (Phi) is 6.71.